The highest BCUT2D eigenvalue weighted by atomic mass is 14.9. The topological polar surface area (TPSA) is 12.0 Å². The van der Waals surface area contributed by atoms with Crippen molar-refractivity contribution < 1.29 is 0 Å². The third kappa shape index (κ3) is 3.05. The average molecular weight is 237 g/mol. The van der Waals surface area contributed by atoms with Gasteiger partial charge in [0.05, 0.1) is 0 Å². The zero-order chi connectivity index (χ0) is 12.1. The molecule has 1 heteroatoms. The Morgan fingerprint density at radius 2 is 2.00 bits per heavy atom. The molecule has 3 unspecified atom stereocenters. The maximum absolute atomic E-state index is 3.73. The average Bonchev–Trinajstić information content (AvgIpc) is 2.90. The van der Waals surface area contributed by atoms with E-state index in [4.69, 9.17) is 0 Å². The van der Waals surface area contributed by atoms with Crippen LogP contribution in [0.4, 0.5) is 0 Å². The molecule has 0 aromatic carbocycles. The molecule has 1 nitrogen and oxygen atoms in total. The second kappa shape index (κ2) is 6.22. The van der Waals surface area contributed by atoms with Gasteiger partial charge in [-0.1, -0.05) is 39.5 Å². The molecule has 2 saturated carbocycles. The maximum atomic E-state index is 3.73. The lowest BCUT2D eigenvalue weighted by Crippen LogP contribution is -2.39. The van der Waals surface area contributed by atoms with Crippen LogP contribution in [-0.4, -0.2) is 13.1 Å². The van der Waals surface area contributed by atoms with Gasteiger partial charge in [0.1, 0.15) is 0 Å². The van der Waals surface area contributed by atoms with Crippen LogP contribution >= 0.6 is 0 Å². The van der Waals surface area contributed by atoms with E-state index in [1.54, 1.807) is 6.42 Å². The smallest absolute Gasteiger partial charge is 0.00106 e. The number of hydrogen-bond donors (Lipinski definition) is 1. The van der Waals surface area contributed by atoms with Gasteiger partial charge in [0.2, 0.25) is 0 Å². The lowest BCUT2D eigenvalue weighted by atomic mass is 9.69. The monoisotopic (exact) mass is 237 g/mol. The molecule has 0 amide bonds. The quantitative estimate of drug-likeness (QED) is 0.618. The van der Waals surface area contributed by atoms with Crippen molar-refractivity contribution in [2.45, 2.75) is 71.6 Å². The maximum Gasteiger partial charge on any atom is 0.00106 e. The molecule has 2 rings (SSSR count). The van der Waals surface area contributed by atoms with E-state index < -0.39 is 0 Å². The van der Waals surface area contributed by atoms with Crippen LogP contribution in [0.25, 0.3) is 0 Å². The van der Waals surface area contributed by atoms with Gasteiger partial charge in [0.15, 0.2) is 0 Å². The van der Waals surface area contributed by atoms with Gasteiger partial charge in [-0.25, -0.2) is 0 Å². The molecular weight excluding hydrogens is 206 g/mol. The molecule has 2 fully saturated rings. The molecule has 3 atom stereocenters. The molecule has 0 aromatic heterocycles. The van der Waals surface area contributed by atoms with Crippen molar-refractivity contribution in [1.82, 2.24) is 5.32 Å². The molecule has 100 valence electrons. The van der Waals surface area contributed by atoms with Crippen molar-refractivity contribution in [1.29, 1.82) is 0 Å². The van der Waals surface area contributed by atoms with Crippen LogP contribution < -0.4 is 5.32 Å². The van der Waals surface area contributed by atoms with Crippen LogP contribution in [0.5, 0.6) is 0 Å². The molecule has 2 aliphatic carbocycles. The molecule has 17 heavy (non-hydrogen) atoms. The number of fused-ring (bicyclic) bond motifs is 2. The summed E-state index contributed by atoms with van der Waals surface area (Å²) in [5, 5.41) is 3.73. The predicted octanol–water partition coefficient (Wildman–Crippen LogP) is 4.37. The van der Waals surface area contributed by atoms with Crippen LogP contribution in [0.3, 0.4) is 0 Å². The van der Waals surface area contributed by atoms with Gasteiger partial charge in [-0.15, -0.1) is 0 Å². The van der Waals surface area contributed by atoms with Gasteiger partial charge < -0.3 is 5.32 Å². The van der Waals surface area contributed by atoms with E-state index in [9.17, 15) is 0 Å². The van der Waals surface area contributed by atoms with E-state index >= 15 is 0 Å². The minimum absolute atomic E-state index is 0.702. The third-order valence-electron chi connectivity index (χ3n) is 5.28. The molecule has 0 radical (unpaired) electrons. The number of nitrogens with one attached hydrogen (secondary N) is 1. The minimum Gasteiger partial charge on any atom is -0.316 e. The Bertz CT molecular complexity index is 214. The summed E-state index contributed by atoms with van der Waals surface area (Å²) in [6, 6.07) is 0. The van der Waals surface area contributed by atoms with Crippen LogP contribution in [0.2, 0.25) is 0 Å². The van der Waals surface area contributed by atoms with E-state index in [-0.39, 0.29) is 0 Å². The van der Waals surface area contributed by atoms with E-state index in [1.807, 2.05) is 0 Å². The first kappa shape index (κ1) is 13.4. The summed E-state index contributed by atoms with van der Waals surface area (Å²) in [4.78, 5) is 0. The van der Waals surface area contributed by atoms with Crippen LogP contribution in [0, 0.1) is 17.3 Å². The van der Waals surface area contributed by atoms with Crippen molar-refractivity contribution >= 4 is 0 Å². The summed E-state index contributed by atoms with van der Waals surface area (Å²) in [5.41, 5.74) is 0.702. The number of rotatable bonds is 8. The van der Waals surface area contributed by atoms with Crippen LogP contribution in [-0.2, 0) is 0 Å². The van der Waals surface area contributed by atoms with Gasteiger partial charge in [-0.3, -0.25) is 0 Å². The number of hydrogen-bond acceptors (Lipinski definition) is 1. The highest BCUT2D eigenvalue weighted by molar-refractivity contribution is 5.01. The van der Waals surface area contributed by atoms with Crippen LogP contribution in [0.15, 0.2) is 0 Å². The highest BCUT2D eigenvalue weighted by Gasteiger charge is 2.49. The Hall–Kier alpha value is -0.0400. The SMILES string of the molecule is CCCCCC1(CNCCC)CC2CCC1C2. The van der Waals surface area contributed by atoms with E-state index in [0.717, 1.165) is 11.8 Å². The molecule has 1 N–H and O–H groups in total. The fourth-order valence-corrected chi connectivity index (χ4v) is 4.41. The molecular formula is C16H31N. The fourth-order valence-electron chi connectivity index (χ4n) is 4.41. The summed E-state index contributed by atoms with van der Waals surface area (Å²) in [6.07, 6.45) is 13.2. The van der Waals surface area contributed by atoms with Gasteiger partial charge >= 0.3 is 0 Å². The predicted molar refractivity (Wildman–Crippen MR) is 75.2 cm³/mol. The van der Waals surface area contributed by atoms with Gasteiger partial charge in [-0.05, 0) is 55.9 Å². The molecule has 0 saturated heterocycles. The standard InChI is InChI=1S/C16H31N/c1-3-5-6-9-16(13-17-10-4-2)12-14-7-8-15(16)11-14/h14-15,17H,3-13H2,1-2H3. The van der Waals surface area contributed by atoms with Crippen molar-refractivity contribution in [2.75, 3.05) is 13.1 Å². The second-order valence-electron chi connectivity index (χ2n) is 6.58. The minimum atomic E-state index is 0.702. The molecule has 0 aromatic rings. The molecule has 0 aliphatic heterocycles. The van der Waals surface area contributed by atoms with Crippen molar-refractivity contribution in [3.63, 3.8) is 0 Å². The Balaban J connectivity index is 1.87. The van der Waals surface area contributed by atoms with Crippen molar-refractivity contribution in [2.24, 2.45) is 17.3 Å². The van der Waals surface area contributed by atoms with Crippen LogP contribution in [0.1, 0.15) is 71.6 Å². The van der Waals surface area contributed by atoms with Crippen molar-refractivity contribution in [3.8, 4) is 0 Å². The first-order valence-corrected chi connectivity index (χ1v) is 8.01. The Morgan fingerprint density at radius 3 is 2.59 bits per heavy atom. The van der Waals surface area contributed by atoms with Gasteiger partial charge in [-0.2, -0.15) is 0 Å². The van der Waals surface area contributed by atoms with E-state index in [1.165, 1.54) is 64.5 Å². The summed E-state index contributed by atoms with van der Waals surface area (Å²) in [6.45, 7) is 7.12. The van der Waals surface area contributed by atoms with E-state index in [2.05, 4.69) is 19.2 Å². The Labute approximate surface area is 108 Å². The normalized spacial score (nSPS) is 35.6. The van der Waals surface area contributed by atoms with Gasteiger partial charge in [0, 0.05) is 6.54 Å². The van der Waals surface area contributed by atoms with Crippen molar-refractivity contribution in [3.05, 3.63) is 0 Å². The molecule has 0 spiro atoms. The molecule has 0 heterocycles. The van der Waals surface area contributed by atoms with Gasteiger partial charge in [0.25, 0.3) is 0 Å². The van der Waals surface area contributed by atoms with E-state index in [0.29, 0.717) is 5.41 Å². The molecule has 2 aliphatic rings. The summed E-state index contributed by atoms with van der Waals surface area (Å²) >= 11 is 0. The lowest BCUT2D eigenvalue weighted by molar-refractivity contribution is 0.138. The largest absolute Gasteiger partial charge is 0.316 e. The zero-order valence-corrected chi connectivity index (χ0v) is 11.9. The second-order valence-corrected chi connectivity index (χ2v) is 6.58. The first-order chi connectivity index (χ1) is 8.30. The third-order valence-corrected chi connectivity index (χ3v) is 5.28. The summed E-state index contributed by atoms with van der Waals surface area (Å²) in [5.74, 6) is 2.15. The highest BCUT2D eigenvalue weighted by Crippen LogP contribution is 2.57. The Morgan fingerprint density at radius 1 is 1.12 bits per heavy atom. The lowest BCUT2D eigenvalue weighted by Gasteiger charge is -2.38. The first-order valence-electron chi connectivity index (χ1n) is 8.01. The Kier molecular flexibility index (Phi) is 4.90. The number of unbranched alkanes of at least 4 members (excludes halogenated alkanes) is 2. The summed E-state index contributed by atoms with van der Waals surface area (Å²) in [7, 11) is 0. The molecule has 2 bridgehead atoms. The summed E-state index contributed by atoms with van der Waals surface area (Å²) < 4.78 is 0. The fraction of sp³-hybridized carbons (Fsp3) is 1.00. The zero-order valence-electron chi connectivity index (χ0n) is 11.9.